The first-order valence-electron chi connectivity index (χ1n) is 6.17. The van der Waals surface area contributed by atoms with E-state index >= 15 is 0 Å². The molecule has 1 heterocycles. The fourth-order valence-electron chi connectivity index (χ4n) is 1.68. The topological polar surface area (TPSA) is 70.5 Å². The van der Waals surface area contributed by atoms with Gasteiger partial charge in [0.15, 0.2) is 0 Å². The Morgan fingerprint density at radius 3 is 2.57 bits per heavy atom. The van der Waals surface area contributed by atoms with Crippen LogP contribution in [0.3, 0.4) is 0 Å². The van der Waals surface area contributed by atoms with E-state index in [-0.39, 0.29) is 11.5 Å². The summed E-state index contributed by atoms with van der Waals surface area (Å²) in [7, 11) is 3.31. The van der Waals surface area contributed by atoms with Gasteiger partial charge >= 0.3 is 5.97 Å². The average Bonchev–Trinajstić information content (AvgIpc) is 2.47. The highest BCUT2D eigenvalue weighted by molar-refractivity contribution is 7.99. The van der Waals surface area contributed by atoms with Crippen LogP contribution in [0, 0.1) is 0 Å². The van der Waals surface area contributed by atoms with E-state index in [1.165, 1.54) is 16.7 Å². The Morgan fingerprint density at radius 2 is 1.90 bits per heavy atom. The molecule has 6 heteroatoms. The predicted molar refractivity (Wildman–Crippen MR) is 79.8 cm³/mol. The monoisotopic (exact) mass is 302 g/mol. The van der Waals surface area contributed by atoms with Crippen molar-refractivity contribution < 1.29 is 14.7 Å². The summed E-state index contributed by atoms with van der Waals surface area (Å²) in [6, 6.07) is 10.2. The van der Waals surface area contributed by atoms with Crippen LogP contribution in [0.15, 0.2) is 52.4 Å². The molecule has 1 aromatic carbocycles. The number of rotatable bonds is 4. The largest absolute Gasteiger partial charge is 0.478 e. The predicted octanol–water partition coefficient (Wildman–Crippen LogP) is 2.63. The zero-order valence-electron chi connectivity index (χ0n) is 11.6. The van der Waals surface area contributed by atoms with Gasteiger partial charge in [-0.1, -0.05) is 23.9 Å². The van der Waals surface area contributed by atoms with Crippen molar-refractivity contribution >= 4 is 23.6 Å². The average molecular weight is 302 g/mol. The van der Waals surface area contributed by atoms with E-state index in [4.69, 9.17) is 0 Å². The lowest BCUT2D eigenvalue weighted by Crippen LogP contribution is -2.22. The van der Waals surface area contributed by atoms with Crippen LogP contribution in [0.2, 0.25) is 0 Å². The van der Waals surface area contributed by atoms with Crippen molar-refractivity contribution in [2.75, 3.05) is 14.1 Å². The summed E-state index contributed by atoms with van der Waals surface area (Å²) in [4.78, 5) is 30.0. The zero-order chi connectivity index (χ0) is 15.4. The zero-order valence-corrected chi connectivity index (χ0v) is 12.4. The Bertz CT molecular complexity index is 686. The molecule has 1 N–H and O–H groups in total. The Balaban J connectivity index is 2.31. The molecule has 0 fully saturated rings. The summed E-state index contributed by atoms with van der Waals surface area (Å²) in [5, 5.41) is 9.17. The molecule has 0 aliphatic carbocycles. The smallest absolute Gasteiger partial charge is 0.336 e. The van der Waals surface area contributed by atoms with Crippen molar-refractivity contribution in [1.82, 2.24) is 9.88 Å². The number of carbonyl (C=O) groups excluding carboxylic acids is 1. The lowest BCUT2D eigenvalue weighted by Gasteiger charge is -2.10. The third-order valence-electron chi connectivity index (χ3n) is 2.70. The van der Waals surface area contributed by atoms with Crippen LogP contribution in [0.5, 0.6) is 0 Å². The third kappa shape index (κ3) is 3.61. The van der Waals surface area contributed by atoms with Gasteiger partial charge < -0.3 is 10.0 Å². The third-order valence-corrected chi connectivity index (χ3v) is 3.77. The van der Waals surface area contributed by atoms with Crippen molar-refractivity contribution in [3.63, 3.8) is 0 Å². The summed E-state index contributed by atoms with van der Waals surface area (Å²) < 4.78 is 0. The Morgan fingerprint density at radius 1 is 1.19 bits per heavy atom. The van der Waals surface area contributed by atoms with E-state index < -0.39 is 5.97 Å². The van der Waals surface area contributed by atoms with Crippen LogP contribution in [-0.4, -0.2) is 41.0 Å². The number of benzene rings is 1. The van der Waals surface area contributed by atoms with Crippen LogP contribution in [0.4, 0.5) is 0 Å². The first-order valence-corrected chi connectivity index (χ1v) is 6.98. The van der Waals surface area contributed by atoms with Gasteiger partial charge in [-0.05, 0) is 24.3 Å². The van der Waals surface area contributed by atoms with Crippen LogP contribution >= 0.6 is 11.8 Å². The van der Waals surface area contributed by atoms with Crippen LogP contribution in [0.25, 0.3) is 0 Å². The van der Waals surface area contributed by atoms with Gasteiger partial charge in [-0.3, -0.25) is 9.78 Å². The normalized spacial score (nSPS) is 10.2. The molecule has 0 radical (unpaired) electrons. The summed E-state index contributed by atoms with van der Waals surface area (Å²) >= 11 is 1.29. The highest BCUT2D eigenvalue weighted by atomic mass is 32.2. The molecule has 0 spiro atoms. The maximum absolute atomic E-state index is 11.9. The minimum absolute atomic E-state index is 0.191. The number of nitrogens with zero attached hydrogens (tertiary/aromatic N) is 2. The van der Waals surface area contributed by atoms with Crippen LogP contribution in [-0.2, 0) is 0 Å². The number of amides is 1. The molecule has 0 saturated carbocycles. The van der Waals surface area contributed by atoms with E-state index in [9.17, 15) is 14.7 Å². The number of aromatic carboxylic acids is 1. The van der Waals surface area contributed by atoms with Gasteiger partial charge in [0.2, 0.25) is 0 Å². The van der Waals surface area contributed by atoms with Crippen LogP contribution in [0.1, 0.15) is 20.8 Å². The fourth-order valence-corrected chi connectivity index (χ4v) is 2.65. The SMILES string of the molecule is CN(C)C(=O)c1cc(Sc2ccccc2C(=O)O)ccn1. The molecular formula is C15H14N2O3S. The molecule has 1 amide bonds. The highest BCUT2D eigenvalue weighted by Gasteiger charge is 2.13. The second kappa shape index (κ2) is 6.41. The standard InChI is InChI=1S/C15H14N2O3S/c1-17(2)14(18)12-9-10(7-8-16-12)21-13-6-4-3-5-11(13)15(19)20/h3-9H,1-2H3,(H,19,20). The number of carboxylic acids is 1. The lowest BCUT2D eigenvalue weighted by molar-refractivity contribution is 0.0692. The number of pyridine rings is 1. The maximum Gasteiger partial charge on any atom is 0.336 e. The van der Waals surface area contributed by atoms with E-state index in [1.54, 1.807) is 56.7 Å². The molecule has 2 aromatic rings. The van der Waals surface area contributed by atoms with Crippen molar-refractivity contribution in [3.05, 3.63) is 53.9 Å². The van der Waals surface area contributed by atoms with Gasteiger partial charge in [0.05, 0.1) is 5.56 Å². The Kier molecular flexibility index (Phi) is 4.59. The van der Waals surface area contributed by atoms with Gasteiger partial charge in [0.1, 0.15) is 5.69 Å². The van der Waals surface area contributed by atoms with Gasteiger partial charge in [-0.25, -0.2) is 4.79 Å². The van der Waals surface area contributed by atoms with Crippen LogP contribution < -0.4 is 0 Å². The summed E-state index contributed by atoms with van der Waals surface area (Å²) in [5.41, 5.74) is 0.567. The van der Waals surface area contributed by atoms with Crippen molar-refractivity contribution in [2.24, 2.45) is 0 Å². The molecule has 0 aliphatic rings. The van der Waals surface area contributed by atoms with Crippen molar-refractivity contribution in [1.29, 1.82) is 0 Å². The van der Waals surface area contributed by atoms with Gasteiger partial charge in [0.25, 0.3) is 5.91 Å². The second-order valence-corrected chi connectivity index (χ2v) is 5.60. The van der Waals surface area contributed by atoms with Gasteiger partial charge in [-0.15, -0.1) is 0 Å². The Hall–Kier alpha value is -2.34. The number of carboxylic acid groups (broad SMARTS) is 1. The first kappa shape index (κ1) is 15.1. The van der Waals surface area contributed by atoms with E-state index in [2.05, 4.69) is 4.98 Å². The summed E-state index contributed by atoms with van der Waals surface area (Å²) in [6.45, 7) is 0. The molecule has 1 aromatic heterocycles. The minimum atomic E-state index is -0.975. The maximum atomic E-state index is 11.9. The molecule has 0 aliphatic heterocycles. The quantitative estimate of drug-likeness (QED) is 0.940. The fraction of sp³-hybridized carbons (Fsp3) is 0.133. The molecule has 2 rings (SSSR count). The van der Waals surface area contributed by atoms with Crippen molar-refractivity contribution in [2.45, 2.75) is 9.79 Å². The van der Waals surface area contributed by atoms with E-state index in [0.717, 1.165) is 4.90 Å². The number of carbonyl (C=O) groups is 2. The second-order valence-electron chi connectivity index (χ2n) is 4.48. The Labute approximate surface area is 126 Å². The number of aromatic nitrogens is 1. The first-order chi connectivity index (χ1) is 9.99. The molecule has 0 unspecified atom stereocenters. The highest BCUT2D eigenvalue weighted by Crippen LogP contribution is 2.30. The molecule has 5 nitrogen and oxygen atoms in total. The summed E-state index contributed by atoms with van der Waals surface area (Å²) in [6.07, 6.45) is 1.54. The molecular weight excluding hydrogens is 288 g/mol. The van der Waals surface area contributed by atoms with E-state index in [1.807, 2.05) is 0 Å². The molecule has 108 valence electrons. The number of hydrogen-bond donors (Lipinski definition) is 1. The van der Waals surface area contributed by atoms with E-state index in [0.29, 0.717) is 10.6 Å². The lowest BCUT2D eigenvalue weighted by atomic mass is 10.2. The number of hydrogen-bond acceptors (Lipinski definition) is 4. The molecule has 0 bridgehead atoms. The van der Waals surface area contributed by atoms with Crippen molar-refractivity contribution in [3.8, 4) is 0 Å². The van der Waals surface area contributed by atoms with Gasteiger partial charge in [0, 0.05) is 30.1 Å². The molecule has 0 saturated heterocycles. The summed E-state index contributed by atoms with van der Waals surface area (Å²) in [5.74, 6) is -1.17. The minimum Gasteiger partial charge on any atom is -0.478 e. The molecule has 21 heavy (non-hydrogen) atoms. The molecule has 0 atom stereocenters. The van der Waals surface area contributed by atoms with Gasteiger partial charge in [-0.2, -0.15) is 0 Å².